The van der Waals surface area contributed by atoms with Crippen LogP contribution >= 0.6 is 34.7 Å². The van der Waals surface area contributed by atoms with Gasteiger partial charge in [-0.25, -0.2) is 9.78 Å². The highest BCUT2D eigenvalue weighted by atomic mass is 35.5. The first-order valence-electron chi connectivity index (χ1n) is 6.61. The normalized spacial score (nSPS) is 10.8. The Hall–Kier alpha value is -1.56. The molecular formula is C16H12ClNO2S2. The Kier molecular flexibility index (Phi) is 4.97. The first-order chi connectivity index (χ1) is 10.7. The van der Waals surface area contributed by atoms with E-state index in [2.05, 4.69) is 4.98 Å². The van der Waals surface area contributed by atoms with Gasteiger partial charge in [0.1, 0.15) is 6.61 Å². The molecule has 0 N–H and O–H groups in total. The minimum atomic E-state index is -0.299. The largest absolute Gasteiger partial charge is 0.461 e. The van der Waals surface area contributed by atoms with Crippen LogP contribution in [0.25, 0.3) is 10.2 Å². The SMILES string of the molecule is O=C(OCCSc1ccc(Cl)cc1)c1ccc2ncsc2c1. The number of carbonyl (C=O) groups is 1. The Labute approximate surface area is 141 Å². The molecule has 0 aliphatic heterocycles. The maximum atomic E-state index is 12.0. The lowest BCUT2D eigenvalue weighted by Gasteiger charge is -2.05. The fraction of sp³-hybridized carbons (Fsp3) is 0.125. The first kappa shape index (κ1) is 15.3. The number of halogens is 1. The van der Waals surface area contributed by atoms with Crippen LogP contribution in [0.3, 0.4) is 0 Å². The lowest BCUT2D eigenvalue weighted by molar-refractivity contribution is 0.0530. The zero-order valence-electron chi connectivity index (χ0n) is 11.5. The molecule has 0 fully saturated rings. The summed E-state index contributed by atoms with van der Waals surface area (Å²) in [5, 5.41) is 0.717. The van der Waals surface area contributed by atoms with Gasteiger partial charge in [0.2, 0.25) is 0 Å². The Morgan fingerprint density at radius 1 is 1.23 bits per heavy atom. The summed E-state index contributed by atoms with van der Waals surface area (Å²) in [6.45, 7) is 0.368. The summed E-state index contributed by atoms with van der Waals surface area (Å²) in [7, 11) is 0. The van der Waals surface area contributed by atoms with Crippen LogP contribution in [0.15, 0.2) is 52.9 Å². The van der Waals surface area contributed by atoms with Crippen molar-refractivity contribution in [3.63, 3.8) is 0 Å². The van der Waals surface area contributed by atoms with Gasteiger partial charge in [0.15, 0.2) is 0 Å². The van der Waals surface area contributed by atoms with Gasteiger partial charge in [0.05, 0.1) is 21.3 Å². The van der Waals surface area contributed by atoms with Gasteiger partial charge in [-0.05, 0) is 42.5 Å². The molecule has 3 nitrogen and oxygen atoms in total. The monoisotopic (exact) mass is 349 g/mol. The molecule has 1 aromatic heterocycles. The third-order valence-corrected chi connectivity index (χ3v) is 4.99. The first-order valence-corrected chi connectivity index (χ1v) is 8.85. The van der Waals surface area contributed by atoms with Crippen LogP contribution in [-0.2, 0) is 4.74 Å². The summed E-state index contributed by atoms with van der Waals surface area (Å²) in [6.07, 6.45) is 0. The van der Waals surface area contributed by atoms with Gasteiger partial charge in [-0.15, -0.1) is 23.1 Å². The minimum Gasteiger partial charge on any atom is -0.461 e. The Morgan fingerprint density at radius 2 is 2.05 bits per heavy atom. The van der Waals surface area contributed by atoms with E-state index in [0.29, 0.717) is 22.9 Å². The number of thioether (sulfide) groups is 1. The number of benzene rings is 2. The lowest BCUT2D eigenvalue weighted by Crippen LogP contribution is -2.07. The van der Waals surface area contributed by atoms with Gasteiger partial charge in [-0.2, -0.15) is 0 Å². The molecule has 22 heavy (non-hydrogen) atoms. The van der Waals surface area contributed by atoms with E-state index < -0.39 is 0 Å². The summed E-state index contributed by atoms with van der Waals surface area (Å²) >= 11 is 8.97. The highest BCUT2D eigenvalue weighted by molar-refractivity contribution is 7.99. The van der Waals surface area contributed by atoms with Crippen molar-refractivity contribution in [2.45, 2.75) is 4.90 Å². The molecular weight excluding hydrogens is 338 g/mol. The van der Waals surface area contributed by atoms with Crippen molar-refractivity contribution >= 4 is 50.9 Å². The van der Waals surface area contributed by atoms with Gasteiger partial charge in [-0.1, -0.05) is 11.6 Å². The molecule has 0 spiro atoms. The summed E-state index contributed by atoms with van der Waals surface area (Å²) in [6, 6.07) is 13.0. The number of rotatable bonds is 5. The summed E-state index contributed by atoms with van der Waals surface area (Å²) in [5.41, 5.74) is 3.23. The van der Waals surface area contributed by atoms with Crippen molar-refractivity contribution in [3.05, 3.63) is 58.6 Å². The number of thiazole rings is 1. The molecule has 0 amide bonds. The van der Waals surface area contributed by atoms with Crippen molar-refractivity contribution in [1.82, 2.24) is 4.98 Å². The second kappa shape index (κ2) is 7.13. The van der Waals surface area contributed by atoms with Crippen LogP contribution in [0.1, 0.15) is 10.4 Å². The minimum absolute atomic E-state index is 0.299. The zero-order valence-corrected chi connectivity index (χ0v) is 13.9. The lowest BCUT2D eigenvalue weighted by atomic mass is 10.2. The van der Waals surface area contributed by atoms with Crippen LogP contribution in [-0.4, -0.2) is 23.3 Å². The second-order valence-electron chi connectivity index (χ2n) is 4.47. The zero-order chi connectivity index (χ0) is 15.4. The van der Waals surface area contributed by atoms with Gasteiger partial charge in [0, 0.05) is 15.7 Å². The number of fused-ring (bicyclic) bond motifs is 1. The molecule has 0 atom stereocenters. The van der Waals surface area contributed by atoms with Crippen molar-refractivity contribution in [1.29, 1.82) is 0 Å². The average molecular weight is 350 g/mol. The highest BCUT2D eigenvalue weighted by Crippen LogP contribution is 2.21. The number of ether oxygens (including phenoxy) is 1. The van der Waals surface area contributed by atoms with Crippen molar-refractivity contribution < 1.29 is 9.53 Å². The van der Waals surface area contributed by atoms with E-state index in [1.54, 1.807) is 23.3 Å². The van der Waals surface area contributed by atoms with Crippen molar-refractivity contribution in [3.8, 4) is 0 Å². The molecule has 3 aromatic rings. The quantitative estimate of drug-likeness (QED) is 0.373. The number of esters is 1. The smallest absolute Gasteiger partial charge is 0.338 e. The molecule has 112 valence electrons. The Bertz CT molecular complexity index is 786. The predicted octanol–water partition coefficient (Wildman–Crippen LogP) is 4.90. The number of hydrogen-bond donors (Lipinski definition) is 0. The van der Waals surface area contributed by atoms with Crippen molar-refractivity contribution in [2.24, 2.45) is 0 Å². The summed E-state index contributed by atoms with van der Waals surface area (Å²) in [4.78, 5) is 17.3. The number of nitrogens with zero attached hydrogens (tertiary/aromatic N) is 1. The summed E-state index contributed by atoms with van der Waals surface area (Å²) in [5.74, 6) is 0.405. The van der Waals surface area contributed by atoms with Gasteiger partial charge in [0.25, 0.3) is 0 Å². The molecule has 0 unspecified atom stereocenters. The van der Waals surface area contributed by atoms with E-state index >= 15 is 0 Å². The van der Waals surface area contributed by atoms with E-state index in [-0.39, 0.29) is 5.97 Å². The number of carbonyl (C=O) groups excluding carboxylic acids is 1. The standard InChI is InChI=1S/C16H12ClNO2S2/c17-12-2-4-13(5-3-12)21-8-7-20-16(19)11-1-6-14-15(9-11)22-10-18-14/h1-6,9-10H,7-8H2. The molecule has 1 heterocycles. The third-order valence-electron chi connectivity index (χ3n) is 2.97. The maximum Gasteiger partial charge on any atom is 0.338 e. The topological polar surface area (TPSA) is 39.2 Å². The Morgan fingerprint density at radius 3 is 2.86 bits per heavy atom. The molecule has 0 bridgehead atoms. The number of hydrogen-bond acceptors (Lipinski definition) is 5. The fourth-order valence-electron chi connectivity index (χ4n) is 1.89. The third kappa shape index (κ3) is 3.80. The van der Waals surface area contributed by atoms with Crippen LogP contribution in [0.2, 0.25) is 5.02 Å². The predicted molar refractivity (Wildman–Crippen MR) is 92.1 cm³/mol. The molecule has 3 rings (SSSR count). The van der Waals surface area contributed by atoms with Crippen LogP contribution in [0.4, 0.5) is 0 Å². The Balaban J connectivity index is 1.50. The number of aromatic nitrogens is 1. The molecule has 0 radical (unpaired) electrons. The van der Waals surface area contributed by atoms with Crippen molar-refractivity contribution in [2.75, 3.05) is 12.4 Å². The van der Waals surface area contributed by atoms with E-state index in [9.17, 15) is 4.79 Å². The molecule has 0 saturated heterocycles. The van der Waals surface area contributed by atoms with E-state index in [1.807, 2.05) is 36.4 Å². The molecule has 6 heteroatoms. The second-order valence-corrected chi connectivity index (χ2v) is 6.96. The van der Waals surface area contributed by atoms with Gasteiger partial charge in [-0.3, -0.25) is 0 Å². The van der Waals surface area contributed by atoms with Gasteiger partial charge >= 0.3 is 5.97 Å². The molecule has 2 aromatic carbocycles. The molecule has 0 saturated carbocycles. The van der Waals surface area contributed by atoms with E-state index in [4.69, 9.17) is 16.3 Å². The molecule has 0 aliphatic rings. The van der Waals surface area contributed by atoms with Gasteiger partial charge < -0.3 is 4.74 Å². The van der Waals surface area contributed by atoms with E-state index in [1.165, 1.54) is 11.3 Å². The van der Waals surface area contributed by atoms with E-state index in [0.717, 1.165) is 15.1 Å². The maximum absolute atomic E-state index is 12.0. The fourth-order valence-corrected chi connectivity index (χ4v) is 3.46. The van der Waals surface area contributed by atoms with Crippen LogP contribution < -0.4 is 0 Å². The van der Waals surface area contributed by atoms with Crippen LogP contribution in [0.5, 0.6) is 0 Å². The van der Waals surface area contributed by atoms with Crippen LogP contribution in [0, 0.1) is 0 Å². The average Bonchev–Trinajstić information content (AvgIpc) is 3.00. The molecule has 0 aliphatic carbocycles. The summed E-state index contributed by atoms with van der Waals surface area (Å²) < 4.78 is 6.29. The highest BCUT2D eigenvalue weighted by Gasteiger charge is 2.08.